The molecule has 0 amide bonds. The van der Waals surface area contributed by atoms with Crippen molar-refractivity contribution in [3.63, 3.8) is 0 Å². The summed E-state index contributed by atoms with van der Waals surface area (Å²) in [5.41, 5.74) is 9.46. The summed E-state index contributed by atoms with van der Waals surface area (Å²) in [4.78, 5) is 0. The average Bonchev–Trinajstić information content (AvgIpc) is 3.65. The third-order valence-corrected chi connectivity index (χ3v) is 9.74. The first kappa shape index (κ1) is 22.1. The summed E-state index contributed by atoms with van der Waals surface area (Å²) in [6, 6.07) is 44.8. The fraction of sp³-hybridized carbons (Fsp3) is 0. The largest absolute Gasteiger partial charge is 0.456 e. The van der Waals surface area contributed by atoms with Gasteiger partial charge in [-0.2, -0.15) is 0 Å². The van der Waals surface area contributed by atoms with Crippen LogP contribution in [-0.2, 0) is 0 Å². The Labute approximate surface area is 307 Å². The number of benzene rings is 9. The molecule has 0 spiro atoms. The van der Waals surface area contributed by atoms with Crippen molar-refractivity contribution < 1.29 is 15.4 Å². The molecule has 0 atom stereocenters. The Balaban J connectivity index is 1.19. The lowest BCUT2D eigenvalue weighted by Crippen LogP contribution is -1.90. The molecular formula is C50H32O. The van der Waals surface area contributed by atoms with E-state index in [1.165, 1.54) is 0 Å². The maximum atomic E-state index is 9.27. The molecule has 1 heteroatoms. The normalized spacial score (nSPS) is 13.7. The van der Waals surface area contributed by atoms with Crippen LogP contribution in [0.5, 0.6) is 0 Å². The predicted octanol–water partition coefficient (Wildman–Crippen LogP) is 14.2. The lowest BCUT2D eigenvalue weighted by atomic mass is 9.86. The molecule has 10 rings (SSSR count). The molecule has 0 saturated heterocycles. The van der Waals surface area contributed by atoms with Crippen molar-refractivity contribution in [3.8, 4) is 55.6 Å². The molecule has 0 N–H and O–H groups in total. The Morgan fingerprint density at radius 3 is 1.41 bits per heavy atom. The quantitative estimate of drug-likeness (QED) is 0.168. The average molecular weight is 657 g/mol. The van der Waals surface area contributed by atoms with Gasteiger partial charge < -0.3 is 4.42 Å². The minimum Gasteiger partial charge on any atom is -0.456 e. The zero-order chi connectivity index (χ0) is 40.7. The second-order valence-electron chi connectivity index (χ2n) is 12.6. The molecule has 0 aliphatic rings. The summed E-state index contributed by atoms with van der Waals surface area (Å²) < 4.78 is 78.2. The minimum absolute atomic E-state index is 0.176. The van der Waals surface area contributed by atoms with E-state index in [1.54, 1.807) is 30.3 Å². The minimum atomic E-state index is -0.433. The Morgan fingerprint density at radius 1 is 0.314 bits per heavy atom. The molecule has 0 bridgehead atoms. The molecule has 1 heterocycles. The molecule has 0 radical (unpaired) electrons. The summed E-state index contributed by atoms with van der Waals surface area (Å²) in [6.07, 6.45) is 0. The molecule has 238 valence electrons. The van der Waals surface area contributed by atoms with Crippen LogP contribution in [0.1, 0.15) is 11.0 Å². The first-order valence-corrected chi connectivity index (χ1v) is 16.9. The van der Waals surface area contributed by atoms with Crippen molar-refractivity contribution >= 4 is 43.5 Å². The van der Waals surface area contributed by atoms with E-state index in [9.17, 15) is 5.48 Å². The number of hydrogen-bond acceptors (Lipinski definition) is 1. The van der Waals surface area contributed by atoms with Crippen LogP contribution in [0.25, 0.3) is 99.1 Å². The Kier molecular flexibility index (Phi) is 5.21. The summed E-state index contributed by atoms with van der Waals surface area (Å²) in [5, 5.41) is 2.30. The molecule has 51 heavy (non-hydrogen) atoms. The van der Waals surface area contributed by atoms with E-state index in [2.05, 4.69) is 54.6 Å². The van der Waals surface area contributed by atoms with Crippen LogP contribution in [0.2, 0.25) is 0 Å². The molecule has 10 aromatic rings. The van der Waals surface area contributed by atoms with Gasteiger partial charge >= 0.3 is 0 Å². The lowest BCUT2D eigenvalue weighted by molar-refractivity contribution is 0.669. The van der Waals surface area contributed by atoms with Crippen LogP contribution in [-0.4, -0.2) is 0 Å². The van der Waals surface area contributed by atoms with Gasteiger partial charge in [-0.3, -0.25) is 0 Å². The van der Waals surface area contributed by atoms with E-state index in [0.29, 0.717) is 33.4 Å². The molecule has 0 fully saturated rings. The van der Waals surface area contributed by atoms with Crippen molar-refractivity contribution in [2.75, 3.05) is 0 Å². The van der Waals surface area contributed by atoms with Crippen molar-refractivity contribution in [1.29, 1.82) is 0 Å². The molecule has 0 unspecified atom stereocenters. The fourth-order valence-electron chi connectivity index (χ4n) is 7.37. The molecular weight excluding hydrogens is 617 g/mol. The first-order chi connectivity index (χ1) is 28.6. The summed E-state index contributed by atoms with van der Waals surface area (Å²) in [6.45, 7) is 0. The Hall–Kier alpha value is -6.70. The van der Waals surface area contributed by atoms with Crippen LogP contribution in [0.15, 0.2) is 198 Å². The van der Waals surface area contributed by atoms with E-state index in [0.717, 1.165) is 44.2 Å². The van der Waals surface area contributed by atoms with Gasteiger partial charge in [-0.05, 0) is 101 Å². The Bertz CT molecular complexity index is 3260. The molecule has 9 aromatic carbocycles. The number of rotatable bonds is 5. The van der Waals surface area contributed by atoms with E-state index >= 15 is 0 Å². The highest BCUT2D eigenvalue weighted by molar-refractivity contribution is 6.22. The van der Waals surface area contributed by atoms with Gasteiger partial charge in [-0.25, -0.2) is 0 Å². The van der Waals surface area contributed by atoms with E-state index in [4.69, 9.17) is 9.90 Å². The van der Waals surface area contributed by atoms with Crippen molar-refractivity contribution in [2.24, 2.45) is 0 Å². The van der Waals surface area contributed by atoms with Crippen molar-refractivity contribution in [2.45, 2.75) is 0 Å². The third-order valence-electron chi connectivity index (χ3n) is 9.74. The standard InChI is InChI=1S/C50H32O/c1-3-13-33(14-4-1)34-23-25-35(26-24-34)39-17-7-8-18-40(39)37-27-29-41-46-31-38(28-30-47(46)51-48(41)32-37)50-44-21-11-9-19-42(44)49(36-15-5-2-6-16-36)43-20-10-12-22-45(43)50/h1-32H/i9D,10D,11D,12D,19D,20D,21D,22D. The predicted molar refractivity (Wildman–Crippen MR) is 216 cm³/mol. The maximum Gasteiger partial charge on any atom is 0.136 e. The summed E-state index contributed by atoms with van der Waals surface area (Å²) in [7, 11) is 0. The fourth-order valence-corrected chi connectivity index (χ4v) is 7.37. The van der Waals surface area contributed by atoms with Gasteiger partial charge in [-0.1, -0.05) is 170 Å². The third kappa shape index (κ3) is 4.94. The molecule has 0 aliphatic carbocycles. The van der Waals surface area contributed by atoms with Gasteiger partial charge in [0, 0.05) is 10.8 Å². The second kappa shape index (κ2) is 12.0. The van der Waals surface area contributed by atoms with Crippen LogP contribution >= 0.6 is 0 Å². The highest BCUT2D eigenvalue weighted by Gasteiger charge is 2.18. The number of hydrogen-bond donors (Lipinski definition) is 0. The van der Waals surface area contributed by atoms with Crippen molar-refractivity contribution in [1.82, 2.24) is 0 Å². The van der Waals surface area contributed by atoms with Gasteiger partial charge in [0.15, 0.2) is 0 Å². The zero-order valence-corrected chi connectivity index (χ0v) is 27.3. The molecule has 0 aliphatic heterocycles. The van der Waals surface area contributed by atoms with E-state index < -0.39 is 24.2 Å². The highest BCUT2D eigenvalue weighted by atomic mass is 16.3. The molecule has 0 saturated carbocycles. The highest BCUT2D eigenvalue weighted by Crippen LogP contribution is 2.45. The smallest absolute Gasteiger partial charge is 0.136 e. The Morgan fingerprint density at radius 2 is 0.784 bits per heavy atom. The first-order valence-electron chi connectivity index (χ1n) is 20.9. The number of furan rings is 1. The van der Waals surface area contributed by atoms with E-state index in [-0.39, 0.29) is 45.7 Å². The van der Waals surface area contributed by atoms with Gasteiger partial charge in [0.25, 0.3) is 0 Å². The van der Waals surface area contributed by atoms with Crippen LogP contribution in [0.3, 0.4) is 0 Å². The van der Waals surface area contributed by atoms with Crippen molar-refractivity contribution in [3.05, 3.63) is 194 Å². The summed E-state index contributed by atoms with van der Waals surface area (Å²) >= 11 is 0. The van der Waals surface area contributed by atoms with Crippen LogP contribution in [0.4, 0.5) is 0 Å². The topological polar surface area (TPSA) is 13.1 Å². The SMILES string of the molecule is [2H]c1c([2H])c([2H])c2c(-c3ccc4oc5cc(-c6ccccc6-c6ccc(-c7ccccc7)cc6)ccc5c4c3)c3c([2H])c([2H])c([2H])c([2H])c3c(-c3ccccc3)c2c1[2H]. The van der Waals surface area contributed by atoms with E-state index in [1.807, 2.05) is 60.7 Å². The van der Waals surface area contributed by atoms with Gasteiger partial charge in [0.1, 0.15) is 11.2 Å². The molecule has 1 nitrogen and oxygen atoms in total. The second-order valence-corrected chi connectivity index (χ2v) is 12.6. The van der Waals surface area contributed by atoms with Gasteiger partial charge in [-0.15, -0.1) is 0 Å². The maximum absolute atomic E-state index is 9.27. The van der Waals surface area contributed by atoms with Crippen LogP contribution in [0, 0.1) is 0 Å². The van der Waals surface area contributed by atoms with Crippen LogP contribution < -0.4 is 0 Å². The molecule has 1 aromatic heterocycles. The summed E-state index contributed by atoms with van der Waals surface area (Å²) in [5.74, 6) is 0. The van der Waals surface area contributed by atoms with Gasteiger partial charge in [0.05, 0.1) is 11.0 Å². The van der Waals surface area contributed by atoms with Gasteiger partial charge in [0.2, 0.25) is 0 Å². The monoisotopic (exact) mass is 656 g/mol. The lowest BCUT2D eigenvalue weighted by Gasteiger charge is -2.17. The number of fused-ring (bicyclic) bond motifs is 5. The zero-order valence-electron chi connectivity index (χ0n) is 35.3.